The van der Waals surface area contributed by atoms with E-state index in [0.717, 1.165) is 5.69 Å². The molecule has 35 heavy (non-hydrogen) atoms. The quantitative estimate of drug-likeness (QED) is 0.299. The third-order valence-corrected chi connectivity index (χ3v) is 5.70. The zero-order chi connectivity index (χ0) is 25.5. The Kier molecular flexibility index (Phi) is 6.77. The summed E-state index contributed by atoms with van der Waals surface area (Å²) in [5, 5.41) is 23.3. The third kappa shape index (κ3) is 5.58. The molecular weight excluding hydrogens is 496 g/mol. The summed E-state index contributed by atoms with van der Waals surface area (Å²) in [4.78, 5) is 0. The van der Waals surface area contributed by atoms with Crippen molar-refractivity contribution in [2.24, 2.45) is 0 Å². The van der Waals surface area contributed by atoms with E-state index in [2.05, 4.69) is 15.3 Å². The van der Waals surface area contributed by atoms with Crippen LogP contribution < -0.4 is 10.5 Å². The first kappa shape index (κ1) is 25.0. The molecule has 0 saturated heterocycles. The van der Waals surface area contributed by atoms with Crippen molar-refractivity contribution in [1.82, 2.24) is 20.0 Å². The van der Waals surface area contributed by atoms with Crippen LogP contribution in [-0.2, 0) is 13.0 Å². The molecule has 184 valence electrons. The molecule has 0 bridgehead atoms. The Morgan fingerprint density at radius 1 is 1.17 bits per heavy atom. The van der Waals surface area contributed by atoms with Crippen LogP contribution in [0.1, 0.15) is 36.7 Å². The number of halogens is 3. The molecule has 0 aliphatic carbocycles. The maximum Gasteiger partial charge on any atom is 0.251 e. The van der Waals surface area contributed by atoms with Gasteiger partial charge in [-0.15, -0.1) is 10.2 Å². The highest BCUT2D eigenvalue weighted by Gasteiger charge is 2.23. The van der Waals surface area contributed by atoms with Gasteiger partial charge in [-0.3, -0.25) is 4.68 Å². The monoisotopic (exact) mass is 519 g/mol. The molecule has 11 heteroatoms. The van der Waals surface area contributed by atoms with Crippen molar-refractivity contribution in [1.29, 1.82) is 0 Å². The maximum absolute atomic E-state index is 15.3. The normalized spacial score (nSPS) is 11.8. The molecule has 0 fully saturated rings. The molecule has 0 atom stereocenters. The lowest BCUT2D eigenvalue weighted by Gasteiger charge is -2.17. The highest BCUT2D eigenvalue weighted by molar-refractivity contribution is 6.32. The molecule has 2 aromatic heterocycles. The van der Waals surface area contributed by atoms with Crippen LogP contribution in [0.25, 0.3) is 11.5 Å². The topological polar surface area (TPSA) is 112 Å². The first-order chi connectivity index (χ1) is 16.4. The predicted molar refractivity (Wildman–Crippen MR) is 131 cm³/mol. The van der Waals surface area contributed by atoms with Crippen molar-refractivity contribution in [3.05, 3.63) is 69.0 Å². The lowest BCUT2D eigenvalue weighted by atomic mass is 10.1. The summed E-state index contributed by atoms with van der Waals surface area (Å²) in [6.45, 7) is 7.38. The van der Waals surface area contributed by atoms with Gasteiger partial charge in [0.05, 0.1) is 34.8 Å². The summed E-state index contributed by atoms with van der Waals surface area (Å²) in [7, 11) is 0. The van der Waals surface area contributed by atoms with E-state index in [1.165, 1.54) is 24.3 Å². The Morgan fingerprint density at radius 3 is 2.60 bits per heavy atom. The minimum Gasteiger partial charge on any atom is -0.453 e. The minimum atomic E-state index is -0.941. The average Bonchev–Trinajstić information content (AvgIpc) is 3.29. The molecular formula is C24H24Cl2FN5O3. The first-order valence-corrected chi connectivity index (χ1v) is 11.5. The number of nitrogens with two attached hydrogens (primary N) is 1. The molecule has 2 aromatic carbocycles. The fourth-order valence-electron chi connectivity index (χ4n) is 3.68. The average molecular weight is 520 g/mol. The number of ether oxygens (including phenoxy) is 1. The standard InChI is InChI=1S/C24H24Cl2FN5O3/c1-12-20(13(2)32(31-12)11-24(3,4)33)23-30-29-19(35-23)7-14-5-6-18(26)22(21(14)27)34-17-9-15(25)8-16(28)10-17/h5-6,8-10,33H,7,11,28H2,1-4H3. The van der Waals surface area contributed by atoms with Crippen LogP contribution in [0, 0.1) is 19.7 Å². The smallest absolute Gasteiger partial charge is 0.251 e. The second-order valence-electron chi connectivity index (χ2n) is 8.87. The SMILES string of the molecule is Cc1nn(CC(C)(C)O)c(C)c1-c1nnc(Cc2ccc(Cl)c(Oc3cc(N)cc(Cl)c3)c2F)o1. The van der Waals surface area contributed by atoms with Crippen molar-refractivity contribution >= 4 is 28.9 Å². The zero-order valence-corrected chi connectivity index (χ0v) is 21.1. The van der Waals surface area contributed by atoms with Crippen LogP contribution in [0.2, 0.25) is 10.0 Å². The molecule has 0 aliphatic heterocycles. The Balaban J connectivity index is 1.60. The van der Waals surface area contributed by atoms with E-state index >= 15 is 4.39 Å². The summed E-state index contributed by atoms with van der Waals surface area (Å²) in [5.74, 6) is -0.112. The molecule has 2 heterocycles. The second kappa shape index (κ2) is 9.49. The molecule has 0 aliphatic rings. The number of anilines is 1. The number of nitrogen functional groups attached to an aromatic ring is 1. The van der Waals surface area contributed by atoms with Crippen molar-refractivity contribution in [2.45, 2.75) is 46.3 Å². The van der Waals surface area contributed by atoms with Crippen LogP contribution in [0.5, 0.6) is 11.5 Å². The number of aryl methyl sites for hydroxylation is 1. The molecule has 4 rings (SSSR count). The van der Waals surface area contributed by atoms with E-state index in [1.807, 2.05) is 13.8 Å². The number of nitrogens with zero attached hydrogens (tertiary/aromatic N) is 4. The van der Waals surface area contributed by atoms with Gasteiger partial charge in [0.15, 0.2) is 11.6 Å². The van der Waals surface area contributed by atoms with E-state index < -0.39 is 11.4 Å². The van der Waals surface area contributed by atoms with Gasteiger partial charge < -0.3 is 20.0 Å². The highest BCUT2D eigenvalue weighted by atomic mass is 35.5. The number of hydrogen-bond acceptors (Lipinski definition) is 7. The number of aliphatic hydroxyl groups is 1. The van der Waals surface area contributed by atoms with Crippen LogP contribution in [0.3, 0.4) is 0 Å². The van der Waals surface area contributed by atoms with E-state index in [0.29, 0.717) is 28.5 Å². The van der Waals surface area contributed by atoms with Crippen LogP contribution in [0.4, 0.5) is 10.1 Å². The van der Waals surface area contributed by atoms with Crippen molar-refractivity contribution in [3.63, 3.8) is 0 Å². The van der Waals surface area contributed by atoms with Crippen molar-refractivity contribution in [3.8, 4) is 23.0 Å². The summed E-state index contributed by atoms with van der Waals surface area (Å²) in [5.41, 5.74) is 7.59. The van der Waals surface area contributed by atoms with Crippen molar-refractivity contribution < 1.29 is 18.7 Å². The van der Waals surface area contributed by atoms with Crippen LogP contribution in [0.15, 0.2) is 34.7 Å². The molecule has 0 amide bonds. The van der Waals surface area contributed by atoms with Crippen LogP contribution in [-0.4, -0.2) is 30.7 Å². The Morgan fingerprint density at radius 2 is 1.91 bits per heavy atom. The van der Waals surface area contributed by atoms with Gasteiger partial charge in [0, 0.05) is 28.0 Å². The zero-order valence-electron chi connectivity index (χ0n) is 19.6. The molecule has 0 saturated carbocycles. The van der Waals surface area contributed by atoms with E-state index in [4.69, 9.17) is 38.1 Å². The molecule has 3 N–H and O–H groups in total. The summed E-state index contributed by atoms with van der Waals surface area (Å²) < 4.78 is 28.5. The van der Waals surface area contributed by atoms with E-state index in [1.54, 1.807) is 24.6 Å². The number of aromatic nitrogens is 4. The van der Waals surface area contributed by atoms with Crippen LogP contribution >= 0.6 is 23.2 Å². The summed E-state index contributed by atoms with van der Waals surface area (Å²) in [6, 6.07) is 7.62. The second-order valence-corrected chi connectivity index (χ2v) is 9.71. The van der Waals surface area contributed by atoms with Gasteiger partial charge >= 0.3 is 0 Å². The van der Waals surface area contributed by atoms with Crippen molar-refractivity contribution in [2.75, 3.05) is 5.73 Å². The fourth-order valence-corrected chi connectivity index (χ4v) is 4.10. The highest BCUT2D eigenvalue weighted by Crippen LogP contribution is 2.36. The summed E-state index contributed by atoms with van der Waals surface area (Å²) in [6.07, 6.45) is 0.0138. The van der Waals surface area contributed by atoms with Gasteiger partial charge in [0.1, 0.15) is 5.75 Å². The third-order valence-electron chi connectivity index (χ3n) is 5.18. The Labute approximate surface area is 211 Å². The van der Waals surface area contributed by atoms with Gasteiger partial charge in [-0.1, -0.05) is 29.3 Å². The predicted octanol–water partition coefficient (Wildman–Crippen LogP) is 5.73. The Hall–Kier alpha value is -3.14. The number of rotatable bonds is 7. The number of hydrogen-bond donors (Lipinski definition) is 2. The maximum atomic E-state index is 15.3. The van der Waals surface area contributed by atoms with Gasteiger partial charge in [-0.2, -0.15) is 5.10 Å². The van der Waals surface area contributed by atoms with Gasteiger partial charge in [0.25, 0.3) is 5.89 Å². The molecule has 0 unspecified atom stereocenters. The number of benzene rings is 2. The largest absolute Gasteiger partial charge is 0.453 e. The van der Waals surface area contributed by atoms with E-state index in [9.17, 15) is 5.11 Å². The molecule has 4 aromatic rings. The minimum absolute atomic E-state index is 0.0138. The van der Waals surface area contributed by atoms with Gasteiger partial charge in [-0.05, 0) is 45.9 Å². The lowest BCUT2D eigenvalue weighted by molar-refractivity contribution is 0.0570. The molecule has 0 radical (unpaired) electrons. The van der Waals surface area contributed by atoms with Gasteiger partial charge in [-0.25, -0.2) is 4.39 Å². The van der Waals surface area contributed by atoms with Gasteiger partial charge in [0.2, 0.25) is 5.89 Å². The molecule has 0 spiro atoms. The lowest BCUT2D eigenvalue weighted by Crippen LogP contribution is -2.27. The van der Waals surface area contributed by atoms with E-state index in [-0.39, 0.29) is 40.3 Å². The first-order valence-electron chi connectivity index (χ1n) is 10.7. The summed E-state index contributed by atoms with van der Waals surface area (Å²) >= 11 is 12.2. The molecule has 8 nitrogen and oxygen atoms in total. The fraction of sp³-hybridized carbons (Fsp3) is 0.292. The Bertz CT molecular complexity index is 1370.